The van der Waals surface area contributed by atoms with Crippen molar-refractivity contribution >= 4 is 15.9 Å². The summed E-state index contributed by atoms with van der Waals surface area (Å²) in [5, 5.41) is 0. The molecule has 0 saturated heterocycles. The number of hydrogen-bond acceptors (Lipinski definition) is 1. The first kappa shape index (κ1) is 13.7. The Balaban J connectivity index is 2.56. The Morgan fingerprint density at radius 2 is 2.00 bits per heavy atom. The molecule has 0 amide bonds. The largest absolute Gasteiger partial charge is 0.327 e. The van der Waals surface area contributed by atoms with Crippen molar-refractivity contribution in [1.82, 2.24) is 0 Å². The number of rotatable bonds is 5. The minimum atomic E-state index is -0.214. The molecule has 0 fully saturated rings. The number of halogens is 2. The highest BCUT2D eigenvalue weighted by Crippen LogP contribution is 2.22. The summed E-state index contributed by atoms with van der Waals surface area (Å²) in [6.07, 6.45) is 2.83. The zero-order chi connectivity index (χ0) is 12.1. The average molecular weight is 288 g/mol. The molecular weight excluding hydrogens is 269 g/mol. The Labute approximate surface area is 105 Å². The van der Waals surface area contributed by atoms with Gasteiger partial charge in [-0.05, 0) is 52.7 Å². The molecule has 3 heteroatoms. The van der Waals surface area contributed by atoms with Crippen molar-refractivity contribution in [2.75, 3.05) is 0 Å². The molecule has 16 heavy (non-hydrogen) atoms. The summed E-state index contributed by atoms with van der Waals surface area (Å²) in [7, 11) is 0. The Morgan fingerprint density at radius 1 is 1.31 bits per heavy atom. The predicted molar refractivity (Wildman–Crippen MR) is 69.9 cm³/mol. The van der Waals surface area contributed by atoms with E-state index in [0.29, 0.717) is 10.4 Å². The lowest BCUT2D eigenvalue weighted by atomic mass is 9.98. The van der Waals surface area contributed by atoms with Crippen molar-refractivity contribution in [1.29, 1.82) is 0 Å². The molecule has 0 aliphatic carbocycles. The monoisotopic (exact) mass is 287 g/mol. The summed E-state index contributed by atoms with van der Waals surface area (Å²) in [4.78, 5) is 0. The number of benzene rings is 1. The number of hydrogen-bond donors (Lipinski definition) is 1. The van der Waals surface area contributed by atoms with Gasteiger partial charge in [0, 0.05) is 6.04 Å². The van der Waals surface area contributed by atoms with E-state index in [1.54, 1.807) is 6.07 Å². The van der Waals surface area contributed by atoms with Crippen molar-refractivity contribution in [3.8, 4) is 0 Å². The third-order valence-corrected chi connectivity index (χ3v) is 3.52. The standard InChI is InChI=1S/C13H19BrFN/c1-9(2)6-7-11(16)8-10-4-3-5-12(15)13(10)14/h3-5,9,11H,6-8,16H2,1-2H3. The SMILES string of the molecule is CC(C)CCC(N)Cc1cccc(F)c1Br. The minimum absolute atomic E-state index is 0.112. The summed E-state index contributed by atoms with van der Waals surface area (Å²) in [5.41, 5.74) is 6.98. The molecule has 0 saturated carbocycles. The first-order chi connectivity index (χ1) is 7.50. The first-order valence-electron chi connectivity index (χ1n) is 5.69. The Bertz CT molecular complexity index is 339. The lowest BCUT2D eigenvalue weighted by molar-refractivity contribution is 0.493. The molecule has 0 spiro atoms. The van der Waals surface area contributed by atoms with Gasteiger partial charge in [-0.1, -0.05) is 26.0 Å². The molecule has 1 rings (SSSR count). The van der Waals surface area contributed by atoms with Crippen LogP contribution in [0, 0.1) is 11.7 Å². The Hall–Kier alpha value is -0.410. The highest BCUT2D eigenvalue weighted by Gasteiger charge is 2.10. The van der Waals surface area contributed by atoms with Crippen LogP contribution in [0.4, 0.5) is 4.39 Å². The molecule has 0 radical (unpaired) electrons. The van der Waals surface area contributed by atoms with E-state index in [0.717, 1.165) is 24.8 Å². The van der Waals surface area contributed by atoms with Gasteiger partial charge in [-0.3, -0.25) is 0 Å². The second-order valence-electron chi connectivity index (χ2n) is 4.65. The van der Waals surface area contributed by atoms with E-state index < -0.39 is 0 Å². The van der Waals surface area contributed by atoms with Gasteiger partial charge in [0.1, 0.15) is 5.82 Å². The van der Waals surface area contributed by atoms with E-state index >= 15 is 0 Å². The van der Waals surface area contributed by atoms with Gasteiger partial charge < -0.3 is 5.73 Å². The van der Waals surface area contributed by atoms with Crippen LogP contribution in [0.2, 0.25) is 0 Å². The molecule has 1 unspecified atom stereocenters. The highest BCUT2D eigenvalue weighted by molar-refractivity contribution is 9.10. The summed E-state index contributed by atoms with van der Waals surface area (Å²) >= 11 is 3.26. The zero-order valence-electron chi connectivity index (χ0n) is 9.84. The van der Waals surface area contributed by atoms with E-state index in [-0.39, 0.29) is 11.9 Å². The predicted octanol–water partition coefficient (Wildman–Crippen LogP) is 3.89. The second kappa shape index (κ2) is 6.36. The molecule has 0 aliphatic heterocycles. The molecule has 1 aromatic rings. The van der Waals surface area contributed by atoms with Crippen LogP contribution in [0.5, 0.6) is 0 Å². The van der Waals surface area contributed by atoms with E-state index in [2.05, 4.69) is 29.8 Å². The first-order valence-corrected chi connectivity index (χ1v) is 6.48. The van der Waals surface area contributed by atoms with Gasteiger partial charge in [-0.2, -0.15) is 0 Å². The maximum atomic E-state index is 13.3. The molecule has 0 bridgehead atoms. The second-order valence-corrected chi connectivity index (χ2v) is 5.44. The van der Waals surface area contributed by atoms with Crippen LogP contribution in [-0.2, 0) is 6.42 Å². The third-order valence-electron chi connectivity index (χ3n) is 2.63. The maximum Gasteiger partial charge on any atom is 0.137 e. The van der Waals surface area contributed by atoms with E-state index in [1.807, 2.05) is 6.07 Å². The van der Waals surface area contributed by atoms with Crippen LogP contribution in [0.25, 0.3) is 0 Å². The Morgan fingerprint density at radius 3 is 2.62 bits per heavy atom. The van der Waals surface area contributed by atoms with Gasteiger partial charge in [-0.15, -0.1) is 0 Å². The highest BCUT2D eigenvalue weighted by atomic mass is 79.9. The zero-order valence-corrected chi connectivity index (χ0v) is 11.4. The van der Waals surface area contributed by atoms with Gasteiger partial charge in [0.2, 0.25) is 0 Å². The quantitative estimate of drug-likeness (QED) is 0.874. The minimum Gasteiger partial charge on any atom is -0.327 e. The van der Waals surface area contributed by atoms with Crippen LogP contribution >= 0.6 is 15.9 Å². The van der Waals surface area contributed by atoms with Crippen LogP contribution in [-0.4, -0.2) is 6.04 Å². The molecule has 0 aliphatic rings. The molecule has 1 nitrogen and oxygen atoms in total. The van der Waals surface area contributed by atoms with Gasteiger partial charge in [0.05, 0.1) is 4.47 Å². The van der Waals surface area contributed by atoms with Crippen molar-refractivity contribution in [2.24, 2.45) is 11.7 Å². The average Bonchev–Trinajstić information content (AvgIpc) is 2.22. The van der Waals surface area contributed by atoms with E-state index in [9.17, 15) is 4.39 Å². The van der Waals surface area contributed by atoms with Crippen molar-refractivity contribution in [3.05, 3.63) is 34.1 Å². The topological polar surface area (TPSA) is 26.0 Å². The fourth-order valence-corrected chi connectivity index (χ4v) is 2.06. The normalized spacial score (nSPS) is 13.1. The van der Waals surface area contributed by atoms with Gasteiger partial charge >= 0.3 is 0 Å². The smallest absolute Gasteiger partial charge is 0.137 e. The van der Waals surface area contributed by atoms with Crippen molar-refractivity contribution in [2.45, 2.75) is 39.2 Å². The maximum absolute atomic E-state index is 13.3. The van der Waals surface area contributed by atoms with Crippen molar-refractivity contribution < 1.29 is 4.39 Å². The fraction of sp³-hybridized carbons (Fsp3) is 0.538. The lowest BCUT2D eigenvalue weighted by Gasteiger charge is -2.14. The van der Waals surface area contributed by atoms with Crippen LogP contribution < -0.4 is 5.73 Å². The summed E-state index contributed by atoms with van der Waals surface area (Å²) in [6, 6.07) is 5.21. The third kappa shape index (κ3) is 4.22. The van der Waals surface area contributed by atoms with Crippen molar-refractivity contribution in [3.63, 3.8) is 0 Å². The van der Waals surface area contributed by atoms with Gasteiger partial charge in [0.15, 0.2) is 0 Å². The molecule has 1 aromatic carbocycles. The molecule has 0 aromatic heterocycles. The van der Waals surface area contributed by atoms with E-state index in [4.69, 9.17) is 5.73 Å². The molecule has 1 atom stereocenters. The summed E-state index contributed by atoms with van der Waals surface area (Å²) < 4.78 is 13.8. The van der Waals surface area contributed by atoms with Gasteiger partial charge in [-0.25, -0.2) is 4.39 Å². The number of nitrogens with two attached hydrogens (primary N) is 1. The fourth-order valence-electron chi connectivity index (χ4n) is 1.64. The van der Waals surface area contributed by atoms with Crippen LogP contribution in [0.15, 0.2) is 22.7 Å². The van der Waals surface area contributed by atoms with Crippen LogP contribution in [0.1, 0.15) is 32.3 Å². The van der Waals surface area contributed by atoms with Crippen LogP contribution in [0.3, 0.4) is 0 Å². The molecular formula is C13H19BrFN. The molecule has 90 valence electrons. The summed E-state index contributed by atoms with van der Waals surface area (Å²) in [5.74, 6) is 0.454. The lowest BCUT2D eigenvalue weighted by Crippen LogP contribution is -2.23. The molecule has 2 N–H and O–H groups in total. The summed E-state index contributed by atoms with van der Waals surface area (Å²) in [6.45, 7) is 4.37. The van der Waals surface area contributed by atoms with E-state index in [1.165, 1.54) is 6.07 Å². The van der Waals surface area contributed by atoms with Gasteiger partial charge in [0.25, 0.3) is 0 Å². The Kier molecular flexibility index (Phi) is 5.42. The molecule has 0 heterocycles.